The van der Waals surface area contributed by atoms with Crippen molar-refractivity contribution >= 4 is 5.97 Å². The number of nitrogens with two attached hydrogens (primary N) is 1. The molecule has 0 fully saturated rings. The summed E-state index contributed by atoms with van der Waals surface area (Å²) < 4.78 is 0. The van der Waals surface area contributed by atoms with E-state index >= 15 is 0 Å². The van der Waals surface area contributed by atoms with Gasteiger partial charge < -0.3 is 15.9 Å². The van der Waals surface area contributed by atoms with E-state index in [2.05, 4.69) is 6.92 Å². The molecule has 0 aromatic rings. The van der Waals surface area contributed by atoms with Crippen LogP contribution in [0.2, 0.25) is 0 Å². The molecule has 0 rings (SSSR count). The third-order valence-electron chi connectivity index (χ3n) is 3.61. The topological polar surface area (TPSA) is 83.5 Å². The lowest BCUT2D eigenvalue weighted by Gasteiger charge is -2.02. The van der Waals surface area contributed by atoms with Gasteiger partial charge in [0.2, 0.25) is 0 Å². The lowest BCUT2D eigenvalue weighted by Crippen LogP contribution is -2.02. The van der Waals surface area contributed by atoms with Gasteiger partial charge in [-0.05, 0) is 12.8 Å². The highest BCUT2D eigenvalue weighted by Crippen LogP contribution is 2.12. The van der Waals surface area contributed by atoms with Crippen molar-refractivity contribution in [2.75, 3.05) is 13.2 Å². The van der Waals surface area contributed by atoms with Gasteiger partial charge in [-0.2, -0.15) is 0 Å². The van der Waals surface area contributed by atoms with Gasteiger partial charge in [-0.1, -0.05) is 83.6 Å². The Kier molecular flexibility index (Phi) is 24.8. The van der Waals surface area contributed by atoms with E-state index in [4.69, 9.17) is 15.9 Å². The van der Waals surface area contributed by atoms with Gasteiger partial charge in [0.15, 0.2) is 0 Å². The molecule has 4 heteroatoms. The number of rotatable bonds is 15. The lowest BCUT2D eigenvalue weighted by atomic mass is 10.0. The van der Waals surface area contributed by atoms with Crippen LogP contribution in [0.4, 0.5) is 0 Å². The molecule has 138 valence electrons. The van der Waals surface area contributed by atoms with Gasteiger partial charge in [-0.15, -0.1) is 0 Å². The second-order valence-electron chi connectivity index (χ2n) is 5.93. The van der Waals surface area contributed by atoms with E-state index in [1.165, 1.54) is 76.7 Å². The van der Waals surface area contributed by atoms with E-state index in [1.807, 2.05) is 0 Å². The molecular formula is C19H39NO3. The van der Waals surface area contributed by atoms with Crippen LogP contribution < -0.4 is 5.73 Å². The van der Waals surface area contributed by atoms with E-state index in [0.717, 1.165) is 12.8 Å². The highest BCUT2D eigenvalue weighted by Gasteiger charge is 1.93. The zero-order chi connectivity index (χ0) is 17.6. The zero-order valence-electron chi connectivity index (χ0n) is 15.1. The second-order valence-corrected chi connectivity index (χ2v) is 5.93. The Morgan fingerprint density at radius 1 is 0.870 bits per heavy atom. The van der Waals surface area contributed by atoms with Crippen molar-refractivity contribution in [3.63, 3.8) is 0 Å². The molecule has 0 bridgehead atoms. The smallest absolute Gasteiger partial charge is 0.327 e. The Balaban J connectivity index is 0. The van der Waals surface area contributed by atoms with Crippen molar-refractivity contribution in [2.24, 2.45) is 5.73 Å². The fraction of sp³-hybridized carbons (Fsp3) is 0.842. The summed E-state index contributed by atoms with van der Waals surface area (Å²) in [6.07, 6.45) is 20.1. The first-order valence-corrected chi connectivity index (χ1v) is 9.39. The Morgan fingerprint density at radius 2 is 1.26 bits per heavy atom. The number of aliphatic carboxylic acids is 1. The first-order valence-electron chi connectivity index (χ1n) is 9.39. The van der Waals surface area contributed by atoms with Crippen molar-refractivity contribution in [1.82, 2.24) is 0 Å². The minimum absolute atomic E-state index is 0.0972. The van der Waals surface area contributed by atoms with Crippen LogP contribution in [0.3, 0.4) is 0 Å². The standard InChI is InChI=1S/C17H32O2.C2H7NO/c1-2-3-4-5-6-7-8-9-10-11-12-13-14-15-16-17(18)19;3-1-2-4/h15-16H,2-14H2,1H3,(H,18,19);4H,1-3H2. The van der Waals surface area contributed by atoms with Crippen molar-refractivity contribution in [3.05, 3.63) is 12.2 Å². The lowest BCUT2D eigenvalue weighted by molar-refractivity contribution is -0.131. The van der Waals surface area contributed by atoms with Crippen LogP contribution in [0.25, 0.3) is 0 Å². The summed E-state index contributed by atoms with van der Waals surface area (Å²) >= 11 is 0. The van der Waals surface area contributed by atoms with Gasteiger partial charge in [0, 0.05) is 12.6 Å². The third kappa shape index (κ3) is 29.7. The van der Waals surface area contributed by atoms with Gasteiger partial charge in [-0.25, -0.2) is 4.79 Å². The molecule has 0 amide bonds. The molecule has 0 aliphatic carbocycles. The number of aliphatic hydroxyl groups is 1. The predicted molar refractivity (Wildman–Crippen MR) is 98.6 cm³/mol. The quantitative estimate of drug-likeness (QED) is 0.301. The maximum Gasteiger partial charge on any atom is 0.327 e. The number of carbonyl (C=O) groups is 1. The molecule has 0 saturated carbocycles. The molecule has 0 aliphatic heterocycles. The molecule has 0 spiro atoms. The van der Waals surface area contributed by atoms with Crippen LogP contribution in [0, 0.1) is 0 Å². The van der Waals surface area contributed by atoms with Crippen LogP contribution in [0.15, 0.2) is 12.2 Å². The van der Waals surface area contributed by atoms with E-state index in [-0.39, 0.29) is 6.61 Å². The first kappa shape index (κ1) is 24.4. The van der Waals surface area contributed by atoms with Crippen LogP contribution in [-0.2, 0) is 4.79 Å². The summed E-state index contributed by atoms with van der Waals surface area (Å²) in [4.78, 5) is 10.2. The number of aliphatic hydroxyl groups excluding tert-OH is 1. The van der Waals surface area contributed by atoms with Crippen molar-refractivity contribution in [2.45, 2.75) is 90.4 Å². The zero-order valence-corrected chi connectivity index (χ0v) is 15.1. The Labute approximate surface area is 143 Å². The second kappa shape index (κ2) is 23.4. The summed E-state index contributed by atoms with van der Waals surface area (Å²) in [6, 6.07) is 0. The first-order chi connectivity index (χ1) is 11.2. The monoisotopic (exact) mass is 329 g/mol. The molecule has 0 aromatic carbocycles. The summed E-state index contributed by atoms with van der Waals surface area (Å²) in [6.45, 7) is 2.73. The molecule has 0 unspecified atom stereocenters. The number of carboxylic acids is 1. The number of unbranched alkanes of at least 4 members (excludes halogenated alkanes) is 12. The maximum atomic E-state index is 10.2. The fourth-order valence-corrected chi connectivity index (χ4v) is 2.29. The summed E-state index contributed by atoms with van der Waals surface area (Å²) in [5, 5.41) is 16.2. The average Bonchev–Trinajstić information content (AvgIpc) is 2.55. The molecule has 4 nitrogen and oxygen atoms in total. The molecule has 23 heavy (non-hydrogen) atoms. The van der Waals surface area contributed by atoms with Crippen LogP contribution >= 0.6 is 0 Å². The summed E-state index contributed by atoms with van der Waals surface area (Å²) in [5.74, 6) is -0.834. The van der Waals surface area contributed by atoms with E-state index in [9.17, 15) is 4.79 Å². The number of carboxylic acid groups (broad SMARTS) is 1. The van der Waals surface area contributed by atoms with Crippen molar-refractivity contribution < 1.29 is 15.0 Å². The van der Waals surface area contributed by atoms with Gasteiger partial charge in [0.1, 0.15) is 0 Å². The van der Waals surface area contributed by atoms with Crippen LogP contribution in [0.1, 0.15) is 90.4 Å². The largest absolute Gasteiger partial charge is 0.478 e. The summed E-state index contributed by atoms with van der Waals surface area (Å²) in [5.41, 5.74) is 4.78. The van der Waals surface area contributed by atoms with Gasteiger partial charge in [0.05, 0.1) is 6.61 Å². The molecule has 0 saturated heterocycles. The Bertz CT molecular complexity index is 253. The van der Waals surface area contributed by atoms with Crippen LogP contribution in [0.5, 0.6) is 0 Å². The minimum atomic E-state index is -0.834. The van der Waals surface area contributed by atoms with Gasteiger partial charge in [-0.3, -0.25) is 0 Å². The fourth-order valence-electron chi connectivity index (χ4n) is 2.29. The number of hydrogen-bond acceptors (Lipinski definition) is 3. The molecule has 0 aliphatic rings. The Hall–Kier alpha value is -0.870. The van der Waals surface area contributed by atoms with E-state index in [0.29, 0.717) is 6.54 Å². The number of allylic oxidation sites excluding steroid dienone is 1. The Morgan fingerprint density at radius 3 is 1.61 bits per heavy atom. The van der Waals surface area contributed by atoms with Crippen molar-refractivity contribution in [3.8, 4) is 0 Å². The molecule has 0 radical (unpaired) electrons. The maximum absolute atomic E-state index is 10.2. The minimum Gasteiger partial charge on any atom is -0.478 e. The predicted octanol–water partition coefficient (Wildman–Crippen LogP) is 4.66. The van der Waals surface area contributed by atoms with Crippen molar-refractivity contribution in [1.29, 1.82) is 0 Å². The average molecular weight is 330 g/mol. The van der Waals surface area contributed by atoms with Crippen LogP contribution in [-0.4, -0.2) is 29.3 Å². The molecule has 0 aromatic heterocycles. The number of hydrogen-bond donors (Lipinski definition) is 3. The summed E-state index contributed by atoms with van der Waals surface area (Å²) in [7, 11) is 0. The van der Waals surface area contributed by atoms with Gasteiger partial charge >= 0.3 is 5.97 Å². The SMILES string of the molecule is CCCCCCCCCCCCCCC=CC(=O)O.NCCO. The van der Waals surface area contributed by atoms with Gasteiger partial charge in [0.25, 0.3) is 0 Å². The highest BCUT2D eigenvalue weighted by molar-refractivity contribution is 5.79. The van der Waals surface area contributed by atoms with E-state index in [1.54, 1.807) is 6.08 Å². The molecule has 0 atom stereocenters. The molecule has 0 heterocycles. The van der Waals surface area contributed by atoms with E-state index < -0.39 is 5.97 Å². The third-order valence-corrected chi connectivity index (χ3v) is 3.61. The molecular weight excluding hydrogens is 290 g/mol. The normalized spacial score (nSPS) is 10.6. The molecule has 4 N–H and O–H groups in total. The highest BCUT2D eigenvalue weighted by atomic mass is 16.4.